The number of isocyanates is 1. The monoisotopic (exact) mass is 236 g/mol. The van der Waals surface area contributed by atoms with Crippen LogP contribution in [0.3, 0.4) is 0 Å². The molecule has 0 saturated carbocycles. The zero-order valence-corrected chi connectivity index (χ0v) is 9.76. The van der Waals surface area contributed by atoms with Crippen molar-refractivity contribution in [1.82, 2.24) is 0 Å². The van der Waals surface area contributed by atoms with E-state index in [1.807, 2.05) is 0 Å². The van der Waals surface area contributed by atoms with Gasteiger partial charge < -0.3 is 4.74 Å². The number of nitro groups is 1. The second-order valence-corrected chi connectivity index (χ2v) is 3.91. The minimum absolute atomic E-state index is 0.123. The van der Waals surface area contributed by atoms with Crippen LogP contribution in [0.15, 0.2) is 23.2 Å². The van der Waals surface area contributed by atoms with Crippen LogP contribution in [0.2, 0.25) is 0 Å². The van der Waals surface area contributed by atoms with Gasteiger partial charge in [0, 0.05) is 6.07 Å². The second kappa shape index (κ2) is 4.76. The van der Waals surface area contributed by atoms with E-state index in [0.717, 1.165) is 0 Å². The molecule has 1 rings (SSSR count). The van der Waals surface area contributed by atoms with Crippen molar-refractivity contribution < 1.29 is 14.5 Å². The lowest BCUT2D eigenvalue weighted by Gasteiger charge is -2.18. The molecule has 1 aromatic rings. The number of benzene rings is 1. The standard InChI is InChI=1S/C11H12N2O4/c1-11(2,12-7-14)8-4-5-9(13(15)16)10(6-8)17-3/h4-6H,1-3H3. The van der Waals surface area contributed by atoms with Crippen molar-refractivity contribution in [3.8, 4) is 5.75 Å². The van der Waals surface area contributed by atoms with Gasteiger partial charge in [-0.1, -0.05) is 0 Å². The minimum atomic E-state index is -0.788. The van der Waals surface area contributed by atoms with E-state index in [2.05, 4.69) is 4.99 Å². The maximum Gasteiger partial charge on any atom is 0.310 e. The molecule has 0 fully saturated rings. The maximum absolute atomic E-state index is 10.7. The van der Waals surface area contributed by atoms with Gasteiger partial charge in [-0.25, -0.2) is 4.79 Å². The molecule has 0 aliphatic rings. The Morgan fingerprint density at radius 2 is 2.12 bits per heavy atom. The highest BCUT2D eigenvalue weighted by molar-refractivity contribution is 5.50. The number of ether oxygens (including phenoxy) is 1. The Bertz CT molecular complexity index is 490. The third-order valence-electron chi connectivity index (χ3n) is 2.41. The van der Waals surface area contributed by atoms with Crippen LogP contribution in [0.5, 0.6) is 5.75 Å². The zero-order valence-electron chi connectivity index (χ0n) is 9.76. The third-order valence-corrected chi connectivity index (χ3v) is 2.41. The first kappa shape index (κ1) is 12.9. The average Bonchev–Trinajstić information content (AvgIpc) is 2.27. The van der Waals surface area contributed by atoms with Crippen LogP contribution in [0, 0.1) is 10.1 Å². The van der Waals surface area contributed by atoms with Crippen molar-refractivity contribution in [2.75, 3.05) is 7.11 Å². The van der Waals surface area contributed by atoms with Crippen LogP contribution < -0.4 is 4.74 Å². The molecule has 0 bridgehead atoms. The van der Waals surface area contributed by atoms with Crippen molar-refractivity contribution in [3.05, 3.63) is 33.9 Å². The fourth-order valence-corrected chi connectivity index (χ4v) is 1.39. The smallest absolute Gasteiger partial charge is 0.310 e. The lowest BCUT2D eigenvalue weighted by Crippen LogP contribution is -2.13. The lowest BCUT2D eigenvalue weighted by atomic mass is 9.95. The van der Waals surface area contributed by atoms with Crippen LogP contribution in [-0.2, 0) is 10.3 Å². The number of nitro benzene ring substituents is 1. The highest BCUT2D eigenvalue weighted by Crippen LogP contribution is 2.33. The molecule has 17 heavy (non-hydrogen) atoms. The van der Waals surface area contributed by atoms with Crippen LogP contribution in [0.1, 0.15) is 19.4 Å². The van der Waals surface area contributed by atoms with Gasteiger partial charge in [0.1, 0.15) is 0 Å². The molecule has 0 amide bonds. The second-order valence-electron chi connectivity index (χ2n) is 3.91. The summed E-state index contributed by atoms with van der Waals surface area (Å²) < 4.78 is 4.94. The highest BCUT2D eigenvalue weighted by atomic mass is 16.6. The Balaban J connectivity index is 3.31. The predicted molar refractivity (Wildman–Crippen MR) is 60.8 cm³/mol. The molecule has 0 atom stereocenters. The normalized spacial score (nSPS) is 10.5. The maximum atomic E-state index is 10.7. The summed E-state index contributed by atoms with van der Waals surface area (Å²) in [5, 5.41) is 10.7. The van der Waals surface area contributed by atoms with Gasteiger partial charge in [-0.05, 0) is 31.5 Å². The SMILES string of the molecule is COc1cc(C(C)(C)N=C=O)ccc1[N+](=O)[O-]. The van der Waals surface area contributed by atoms with Crippen molar-refractivity contribution >= 4 is 11.8 Å². The Hall–Kier alpha value is -2.20. The van der Waals surface area contributed by atoms with Gasteiger partial charge in [0.2, 0.25) is 6.08 Å². The molecule has 0 aliphatic heterocycles. The van der Waals surface area contributed by atoms with Gasteiger partial charge in [0.25, 0.3) is 0 Å². The molecule has 0 N–H and O–H groups in total. The van der Waals surface area contributed by atoms with E-state index in [1.165, 1.54) is 25.3 Å². The molecule has 6 heteroatoms. The number of aliphatic imine (C=N–C) groups is 1. The summed E-state index contributed by atoms with van der Waals surface area (Å²) in [6.07, 6.45) is 1.48. The van der Waals surface area contributed by atoms with Crippen molar-refractivity contribution in [2.24, 2.45) is 4.99 Å². The number of nitrogens with zero attached hydrogens (tertiary/aromatic N) is 2. The number of hydrogen-bond donors (Lipinski definition) is 0. The number of carbonyl (C=O) groups excluding carboxylic acids is 1. The average molecular weight is 236 g/mol. The topological polar surface area (TPSA) is 81.8 Å². The number of methoxy groups -OCH3 is 1. The summed E-state index contributed by atoms with van der Waals surface area (Å²) in [6.45, 7) is 3.41. The fourth-order valence-electron chi connectivity index (χ4n) is 1.39. The predicted octanol–water partition coefficient (Wildman–Crippen LogP) is 2.17. The van der Waals surface area contributed by atoms with Crippen LogP contribution in [-0.4, -0.2) is 18.1 Å². The largest absolute Gasteiger partial charge is 0.490 e. The first-order chi connectivity index (χ1) is 7.92. The van der Waals surface area contributed by atoms with Gasteiger partial charge in [0.15, 0.2) is 5.75 Å². The summed E-state index contributed by atoms with van der Waals surface area (Å²) >= 11 is 0. The van der Waals surface area contributed by atoms with E-state index in [-0.39, 0.29) is 11.4 Å². The summed E-state index contributed by atoms with van der Waals surface area (Å²) in [5.74, 6) is 0.140. The summed E-state index contributed by atoms with van der Waals surface area (Å²) in [7, 11) is 1.35. The molecule has 90 valence electrons. The van der Waals surface area contributed by atoms with Gasteiger partial charge in [-0.2, -0.15) is 4.99 Å². The number of hydrogen-bond acceptors (Lipinski definition) is 5. The summed E-state index contributed by atoms with van der Waals surface area (Å²) in [6, 6.07) is 4.37. The van der Waals surface area contributed by atoms with E-state index in [4.69, 9.17) is 4.74 Å². The van der Waals surface area contributed by atoms with E-state index >= 15 is 0 Å². The Kier molecular flexibility index (Phi) is 3.60. The number of rotatable bonds is 4. The van der Waals surface area contributed by atoms with Crippen molar-refractivity contribution in [2.45, 2.75) is 19.4 Å². The summed E-state index contributed by atoms with van der Waals surface area (Å²) in [4.78, 5) is 24.1. The van der Waals surface area contributed by atoms with Gasteiger partial charge >= 0.3 is 5.69 Å². The first-order valence-electron chi connectivity index (χ1n) is 4.84. The fraction of sp³-hybridized carbons (Fsp3) is 0.364. The highest BCUT2D eigenvalue weighted by Gasteiger charge is 2.23. The van der Waals surface area contributed by atoms with Crippen molar-refractivity contribution in [3.63, 3.8) is 0 Å². The van der Waals surface area contributed by atoms with Gasteiger partial charge in [-0.15, -0.1) is 0 Å². The quantitative estimate of drug-likeness (QED) is 0.347. The van der Waals surface area contributed by atoms with E-state index in [9.17, 15) is 14.9 Å². The van der Waals surface area contributed by atoms with Crippen LogP contribution in [0.25, 0.3) is 0 Å². The van der Waals surface area contributed by atoms with Gasteiger partial charge in [-0.3, -0.25) is 10.1 Å². The molecule has 0 saturated heterocycles. The molecule has 0 aromatic heterocycles. The third kappa shape index (κ3) is 2.68. The molecule has 0 heterocycles. The summed E-state index contributed by atoms with van der Waals surface area (Å²) in [5.41, 5.74) is -0.269. The van der Waals surface area contributed by atoms with E-state index in [1.54, 1.807) is 19.9 Å². The van der Waals surface area contributed by atoms with E-state index in [0.29, 0.717) is 5.56 Å². The minimum Gasteiger partial charge on any atom is -0.490 e. The molecule has 0 radical (unpaired) electrons. The van der Waals surface area contributed by atoms with Crippen LogP contribution in [0.4, 0.5) is 5.69 Å². The Labute approximate surface area is 98.1 Å². The molecular weight excluding hydrogens is 224 g/mol. The van der Waals surface area contributed by atoms with Crippen molar-refractivity contribution in [1.29, 1.82) is 0 Å². The molecule has 0 aliphatic carbocycles. The molecule has 1 aromatic carbocycles. The molecular formula is C11H12N2O4. The first-order valence-corrected chi connectivity index (χ1v) is 4.84. The molecule has 0 spiro atoms. The molecule has 6 nitrogen and oxygen atoms in total. The van der Waals surface area contributed by atoms with Gasteiger partial charge in [0.05, 0.1) is 17.6 Å². The molecule has 0 unspecified atom stereocenters. The Morgan fingerprint density at radius 3 is 2.59 bits per heavy atom. The van der Waals surface area contributed by atoms with Crippen LogP contribution >= 0.6 is 0 Å². The lowest BCUT2D eigenvalue weighted by molar-refractivity contribution is -0.385. The Morgan fingerprint density at radius 1 is 1.47 bits per heavy atom. The zero-order chi connectivity index (χ0) is 13.1. The van der Waals surface area contributed by atoms with E-state index < -0.39 is 10.5 Å².